The fourth-order valence-electron chi connectivity index (χ4n) is 2.78. The highest BCUT2D eigenvalue weighted by atomic mass is 16.3. The molecule has 25 heavy (non-hydrogen) atoms. The highest BCUT2D eigenvalue weighted by molar-refractivity contribution is 5.93. The molecule has 2 N–H and O–H groups in total. The summed E-state index contributed by atoms with van der Waals surface area (Å²) < 4.78 is 1.85. The van der Waals surface area contributed by atoms with Crippen LogP contribution < -0.4 is 5.32 Å². The van der Waals surface area contributed by atoms with Crippen molar-refractivity contribution >= 4 is 11.6 Å². The topological polar surface area (TPSA) is 80.0 Å². The molecule has 1 aromatic carbocycles. The molecule has 1 amide bonds. The summed E-state index contributed by atoms with van der Waals surface area (Å²) in [4.78, 5) is 16.4. The minimum Gasteiger partial charge on any atom is -0.392 e. The molecule has 0 aliphatic carbocycles. The Morgan fingerprint density at radius 2 is 1.96 bits per heavy atom. The van der Waals surface area contributed by atoms with Crippen LogP contribution in [-0.4, -0.2) is 25.8 Å². The first kappa shape index (κ1) is 16.9. The van der Waals surface area contributed by atoms with Crippen LogP contribution in [0, 0.1) is 13.8 Å². The molecule has 0 unspecified atom stereocenters. The summed E-state index contributed by atoms with van der Waals surface area (Å²) in [5, 5.41) is 16.7. The van der Waals surface area contributed by atoms with Crippen LogP contribution in [0.5, 0.6) is 0 Å². The molecule has 0 fully saturated rings. The fourth-order valence-corrected chi connectivity index (χ4v) is 2.78. The summed E-state index contributed by atoms with van der Waals surface area (Å²) in [5.41, 5.74) is 4.79. The van der Waals surface area contributed by atoms with Gasteiger partial charge in [-0.25, -0.2) is 4.68 Å². The van der Waals surface area contributed by atoms with E-state index in [0.29, 0.717) is 11.3 Å². The molecule has 0 bridgehead atoms. The van der Waals surface area contributed by atoms with Crippen molar-refractivity contribution in [3.05, 3.63) is 71.3 Å². The van der Waals surface area contributed by atoms with E-state index in [1.54, 1.807) is 12.3 Å². The number of pyridine rings is 1. The van der Waals surface area contributed by atoms with Crippen molar-refractivity contribution in [2.45, 2.75) is 26.9 Å². The van der Waals surface area contributed by atoms with Gasteiger partial charge in [-0.15, -0.1) is 0 Å². The molecule has 0 aliphatic heterocycles. The number of carbonyl (C=O) groups is 1. The van der Waals surface area contributed by atoms with Crippen molar-refractivity contribution in [1.82, 2.24) is 14.8 Å². The average molecular weight is 336 g/mol. The lowest BCUT2D eigenvalue weighted by molar-refractivity contribution is -0.115. The van der Waals surface area contributed by atoms with Crippen molar-refractivity contribution in [2.24, 2.45) is 0 Å². The Hall–Kier alpha value is -2.99. The van der Waals surface area contributed by atoms with Gasteiger partial charge in [-0.2, -0.15) is 5.10 Å². The van der Waals surface area contributed by atoms with Crippen LogP contribution in [-0.2, 0) is 17.8 Å². The lowest BCUT2D eigenvalue weighted by atomic mass is 10.1. The lowest BCUT2D eigenvalue weighted by Gasteiger charge is -2.09. The second-order valence-corrected chi connectivity index (χ2v) is 5.81. The van der Waals surface area contributed by atoms with Gasteiger partial charge in [0.25, 0.3) is 0 Å². The third kappa shape index (κ3) is 3.59. The van der Waals surface area contributed by atoms with E-state index in [4.69, 9.17) is 0 Å². The van der Waals surface area contributed by atoms with E-state index in [9.17, 15) is 9.90 Å². The van der Waals surface area contributed by atoms with Crippen molar-refractivity contribution in [3.8, 4) is 5.69 Å². The Kier molecular flexibility index (Phi) is 4.90. The fraction of sp³-hybridized carbons (Fsp3) is 0.211. The second kappa shape index (κ2) is 7.27. The van der Waals surface area contributed by atoms with Crippen molar-refractivity contribution in [1.29, 1.82) is 0 Å². The Morgan fingerprint density at radius 3 is 2.68 bits per heavy atom. The molecule has 3 rings (SSSR count). The van der Waals surface area contributed by atoms with Gasteiger partial charge in [0.05, 0.1) is 36.3 Å². The van der Waals surface area contributed by atoms with Crippen LogP contribution in [0.25, 0.3) is 5.69 Å². The quantitative estimate of drug-likeness (QED) is 0.750. The SMILES string of the molecule is Cc1nn(-c2ccccc2)c(C)c1CC(=O)Nc1cnccc1CO. The van der Waals surface area contributed by atoms with Gasteiger partial charge < -0.3 is 10.4 Å². The first-order valence-corrected chi connectivity index (χ1v) is 8.04. The van der Waals surface area contributed by atoms with Gasteiger partial charge in [0.2, 0.25) is 5.91 Å². The van der Waals surface area contributed by atoms with Crippen LogP contribution in [0.4, 0.5) is 5.69 Å². The molecule has 0 atom stereocenters. The number of hydrogen-bond acceptors (Lipinski definition) is 4. The summed E-state index contributed by atoms with van der Waals surface area (Å²) in [5.74, 6) is -0.165. The van der Waals surface area contributed by atoms with E-state index < -0.39 is 0 Å². The summed E-state index contributed by atoms with van der Waals surface area (Å²) in [6.45, 7) is 3.71. The van der Waals surface area contributed by atoms with Gasteiger partial charge in [-0.3, -0.25) is 9.78 Å². The first-order valence-electron chi connectivity index (χ1n) is 8.04. The number of carbonyl (C=O) groups excluding carboxylic acids is 1. The minimum absolute atomic E-state index is 0.151. The summed E-state index contributed by atoms with van der Waals surface area (Å²) >= 11 is 0. The number of hydrogen-bond donors (Lipinski definition) is 2. The van der Waals surface area contributed by atoms with Gasteiger partial charge in [-0.05, 0) is 32.0 Å². The van der Waals surface area contributed by atoms with E-state index in [0.717, 1.165) is 22.6 Å². The molecule has 128 valence electrons. The molecule has 3 aromatic rings. The maximum Gasteiger partial charge on any atom is 0.228 e. The molecule has 0 spiro atoms. The zero-order valence-corrected chi connectivity index (χ0v) is 14.2. The van der Waals surface area contributed by atoms with Crippen LogP contribution in [0.2, 0.25) is 0 Å². The maximum atomic E-state index is 12.4. The Bertz CT molecular complexity index is 888. The molecule has 2 heterocycles. The van der Waals surface area contributed by atoms with Gasteiger partial charge in [0.1, 0.15) is 0 Å². The number of nitrogens with one attached hydrogen (secondary N) is 1. The zero-order valence-electron chi connectivity index (χ0n) is 14.2. The molecule has 0 saturated carbocycles. The predicted octanol–water partition coefficient (Wildman–Crippen LogP) is 2.56. The van der Waals surface area contributed by atoms with Gasteiger partial charge in [0, 0.05) is 23.0 Å². The zero-order chi connectivity index (χ0) is 17.8. The number of aromatic nitrogens is 3. The molecular formula is C19H20N4O2. The number of aliphatic hydroxyl groups excluding tert-OH is 1. The van der Waals surface area contributed by atoms with Crippen molar-refractivity contribution in [2.75, 3.05) is 5.32 Å². The first-order chi connectivity index (χ1) is 12.1. The standard InChI is InChI=1S/C19H20N4O2/c1-13-17(14(2)23(22-13)16-6-4-3-5-7-16)10-19(25)21-18-11-20-9-8-15(18)12-24/h3-9,11,24H,10,12H2,1-2H3,(H,21,25). The minimum atomic E-state index is -0.165. The van der Waals surface area contributed by atoms with E-state index in [1.165, 1.54) is 6.20 Å². The predicted molar refractivity (Wildman–Crippen MR) is 95.5 cm³/mol. The van der Waals surface area contributed by atoms with Gasteiger partial charge >= 0.3 is 0 Å². The van der Waals surface area contributed by atoms with Crippen molar-refractivity contribution < 1.29 is 9.90 Å². The maximum absolute atomic E-state index is 12.4. The molecule has 0 aliphatic rings. The Morgan fingerprint density at radius 1 is 1.20 bits per heavy atom. The number of benzene rings is 1. The second-order valence-electron chi connectivity index (χ2n) is 5.81. The number of anilines is 1. The summed E-state index contributed by atoms with van der Waals surface area (Å²) in [6, 6.07) is 11.5. The normalized spacial score (nSPS) is 10.7. The highest BCUT2D eigenvalue weighted by Gasteiger charge is 2.16. The average Bonchev–Trinajstić information content (AvgIpc) is 2.91. The molecule has 0 radical (unpaired) electrons. The van der Waals surface area contributed by atoms with E-state index in [1.807, 2.05) is 48.9 Å². The molecule has 6 nitrogen and oxygen atoms in total. The van der Waals surface area contributed by atoms with Crippen LogP contribution >= 0.6 is 0 Å². The number of rotatable bonds is 5. The molecule has 6 heteroatoms. The molecular weight excluding hydrogens is 316 g/mol. The smallest absolute Gasteiger partial charge is 0.228 e. The van der Waals surface area contributed by atoms with E-state index in [-0.39, 0.29) is 18.9 Å². The number of aryl methyl sites for hydroxylation is 1. The van der Waals surface area contributed by atoms with E-state index in [2.05, 4.69) is 15.4 Å². The molecule has 2 aromatic heterocycles. The summed E-state index contributed by atoms with van der Waals surface area (Å²) in [6.07, 6.45) is 3.33. The van der Waals surface area contributed by atoms with Crippen LogP contribution in [0.15, 0.2) is 48.8 Å². The van der Waals surface area contributed by atoms with Gasteiger partial charge in [0.15, 0.2) is 0 Å². The number of aliphatic hydroxyl groups is 1. The van der Waals surface area contributed by atoms with Crippen LogP contribution in [0.3, 0.4) is 0 Å². The number of para-hydroxylation sites is 1. The third-order valence-corrected chi connectivity index (χ3v) is 4.14. The number of nitrogens with zero attached hydrogens (tertiary/aromatic N) is 3. The molecule has 0 saturated heterocycles. The lowest BCUT2D eigenvalue weighted by Crippen LogP contribution is -2.16. The van der Waals surface area contributed by atoms with Crippen molar-refractivity contribution in [3.63, 3.8) is 0 Å². The number of amides is 1. The van der Waals surface area contributed by atoms with Gasteiger partial charge in [-0.1, -0.05) is 18.2 Å². The highest BCUT2D eigenvalue weighted by Crippen LogP contribution is 2.19. The van der Waals surface area contributed by atoms with Crippen LogP contribution in [0.1, 0.15) is 22.5 Å². The summed E-state index contributed by atoms with van der Waals surface area (Å²) in [7, 11) is 0. The Labute approximate surface area is 146 Å². The van der Waals surface area contributed by atoms with E-state index >= 15 is 0 Å². The largest absolute Gasteiger partial charge is 0.392 e. The Balaban J connectivity index is 1.81. The monoisotopic (exact) mass is 336 g/mol. The third-order valence-electron chi connectivity index (χ3n) is 4.14.